The van der Waals surface area contributed by atoms with Gasteiger partial charge in [-0.2, -0.15) is 9.78 Å². The molecule has 0 radical (unpaired) electrons. The van der Waals surface area contributed by atoms with Gasteiger partial charge < -0.3 is 0 Å². The molecule has 0 fully saturated rings. The number of nitrogens with zero attached hydrogens (tertiary/aromatic N) is 5. The Morgan fingerprint density at radius 3 is 2.56 bits per heavy atom. The molecule has 3 aromatic rings. The molecule has 0 aliphatic carbocycles. The van der Waals surface area contributed by atoms with Gasteiger partial charge in [0, 0.05) is 35.8 Å². The molecule has 0 unspecified atom stereocenters. The van der Waals surface area contributed by atoms with Crippen LogP contribution in [0.5, 0.6) is 0 Å². The molecule has 2 aromatic heterocycles. The maximum atomic E-state index is 12.6. The third kappa shape index (κ3) is 4.77. The summed E-state index contributed by atoms with van der Waals surface area (Å²) in [5.41, 5.74) is 1.64. The minimum atomic E-state index is -0.0635. The Balaban J connectivity index is 1.66. The predicted molar refractivity (Wildman–Crippen MR) is 104 cm³/mol. The molecule has 0 saturated carbocycles. The Bertz CT molecular complexity index is 931. The van der Waals surface area contributed by atoms with Crippen molar-refractivity contribution in [3.05, 3.63) is 65.0 Å². The quantitative estimate of drug-likeness (QED) is 0.596. The van der Waals surface area contributed by atoms with E-state index in [1.807, 2.05) is 12.1 Å². The number of carbonyl (C=O) groups is 1. The van der Waals surface area contributed by atoms with E-state index in [4.69, 9.17) is 11.6 Å². The molecule has 1 aromatic carbocycles. The number of hydrogen-bond acceptors (Lipinski definition) is 5. The Hall–Kier alpha value is -2.60. The molecule has 0 amide bonds. The molecule has 0 spiro atoms. The van der Waals surface area contributed by atoms with Crippen molar-refractivity contribution in [3.8, 4) is 5.95 Å². The second kappa shape index (κ2) is 7.96. The normalized spacial score (nSPS) is 11.6. The van der Waals surface area contributed by atoms with Crippen LogP contribution < -0.4 is 0 Å². The fourth-order valence-electron chi connectivity index (χ4n) is 2.74. The first kappa shape index (κ1) is 19.2. The van der Waals surface area contributed by atoms with Crippen molar-refractivity contribution >= 4 is 17.4 Å². The molecule has 0 bridgehead atoms. The van der Waals surface area contributed by atoms with Crippen LogP contribution in [0.2, 0.25) is 5.02 Å². The highest BCUT2D eigenvalue weighted by Crippen LogP contribution is 2.27. The summed E-state index contributed by atoms with van der Waals surface area (Å²) < 4.78 is 1.60. The highest BCUT2D eigenvalue weighted by Gasteiger charge is 2.17. The van der Waals surface area contributed by atoms with Crippen molar-refractivity contribution < 1.29 is 4.79 Å². The Labute approximate surface area is 163 Å². The molecule has 0 aliphatic heterocycles. The SMILES string of the molecule is CC(C)(C)c1cc(Cl)cc(C(=O)CCCc2ncnn2-c2ncccn2)c1. The Kier molecular flexibility index (Phi) is 5.65. The highest BCUT2D eigenvalue weighted by atomic mass is 35.5. The molecule has 2 heterocycles. The van der Waals surface area contributed by atoms with Gasteiger partial charge in [0.1, 0.15) is 12.2 Å². The van der Waals surface area contributed by atoms with E-state index in [1.165, 1.54) is 6.33 Å². The molecular weight excluding hydrogens is 362 g/mol. The molecule has 0 aliphatic rings. The predicted octanol–water partition coefficient (Wildman–Crippen LogP) is 4.21. The molecule has 3 rings (SSSR count). The number of aromatic nitrogens is 5. The summed E-state index contributed by atoms with van der Waals surface area (Å²) in [4.78, 5) is 25.3. The fraction of sp³-hybridized carbons (Fsp3) is 0.350. The first-order valence-corrected chi connectivity index (χ1v) is 9.23. The van der Waals surface area contributed by atoms with E-state index in [9.17, 15) is 4.79 Å². The summed E-state index contributed by atoms with van der Waals surface area (Å²) in [5, 5.41) is 4.76. The van der Waals surface area contributed by atoms with Crippen molar-refractivity contribution in [2.24, 2.45) is 0 Å². The first-order chi connectivity index (χ1) is 12.8. The van der Waals surface area contributed by atoms with Gasteiger partial charge in [0.2, 0.25) is 0 Å². The fourth-order valence-corrected chi connectivity index (χ4v) is 2.97. The first-order valence-electron chi connectivity index (χ1n) is 8.85. The zero-order chi connectivity index (χ0) is 19.4. The maximum Gasteiger partial charge on any atom is 0.252 e. The highest BCUT2D eigenvalue weighted by molar-refractivity contribution is 6.31. The number of carbonyl (C=O) groups excluding carboxylic acids is 1. The molecule has 27 heavy (non-hydrogen) atoms. The smallest absolute Gasteiger partial charge is 0.252 e. The van der Waals surface area contributed by atoms with E-state index >= 15 is 0 Å². The van der Waals surface area contributed by atoms with Gasteiger partial charge in [-0.1, -0.05) is 32.4 Å². The van der Waals surface area contributed by atoms with Gasteiger partial charge in [-0.3, -0.25) is 4.79 Å². The largest absolute Gasteiger partial charge is 0.294 e. The zero-order valence-electron chi connectivity index (χ0n) is 15.7. The minimum Gasteiger partial charge on any atom is -0.294 e. The number of rotatable bonds is 6. The second-order valence-electron chi connectivity index (χ2n) is 7.39. The van der Waals surface area contributed by atoms with Gasteiger partial charge in [-0.25, -0.2) is 15.0 Å². The Morgan fingerprint density at radius 1 is 1.11 bits per heavy atom. The second-order valence-corrected chi connectivity index (χ2v) is 7.83. The van der Waals surface area contributed by atoms with Crippen LogP contribution in [0, 0.1) is 0 Å². The molecule has 0 saturated heterocycles. The average molecular weight is 384 g/mol. The third-order valence-electron chi connectivity index (χ3n) is 4.25. The van der Waals surface area contributed by atoms with Crippen molar-refractivity contribution in [1.29, 1.82) is 0 Å². The molecule has 6 nitrogen and oxygen atoms in total. The number of hydrogen-bond donors (Lipinski definition) is 0. The molecule has 0 N–H and O–H groups in total. The molecule has 7 heteroatoms. The number of ketones is 1. The lowest BCUT2D eigenvalue weighted by molar-refractivity contribution is 0.0980. The van der Waals surface area contributed by atoms with Crippen molar-refractivity contribution in [1.82, 2.24) is 24.7 Å². The van der Waals surface area contributed by atoms with Crippen LogP contribution in [0.25, 0.3) is 5.95 Å². The molecular formula is C20H22ClN5O. The summed E-state index contributed by atoms with van der Waals surface area (Å²) in [7, 11) is 0. The summed E-state index contributed by atoms with van der Waals surface area (Å²) in [6.45, 7) is 6.31. The summed E-state index contributed by atoms with van der Waals surface area (Å²) >= 11 is 6.22. The van der Waals surface area contributed by atoms with E-state index in [-0.39, 0.29) is 11.2 Å². The van der Waals surface area contributed by atoms with Crippen LogP contribution in [0.15, 0.2) is 43.0 Å². The van der Waals surface area contributed by atoms with Gasteiger partial charge >= 0.3 is 0 Å². The lowest BCUT2D eigenvalue weighted by Crippen LogP contribution is -2.13. The van der Waals surface area contributed by atoms with Gasteiger partial charge in [0.05, 0.1) is 0 Å². The van der Waals surface area contributed by atoms with Crippen LogP contribution in [0.3, 0.4) is 0 Å². The van der Waals surface area contributed by atoms with Crippen LogP contribution in [0.1, 0.15) is 55.4 Å². The maximum absolute atomic E-state index is 12.6. The van der Waals surface area contributed by atoms with E-state index in [0.29, 0.717) is 35.8 Å². The van der Waals surface area contributed by atoms with Crippen LogP contribution in [-0.4, -0.2) is 30.5 Å². The van der Waals surface area contributed by atoms with E-state index in [2.05, 4.69) is 40.8 Å². The number of halogens is 1. The van der Waals surface area contributed by atoms with Crippen molar-refractivity contribution in [2.75, 3.05) is 0 Å². The molecule has 140 valence electrons. The Morgan fingerprint density at radius 2 is 1.85 bits per heavy atom. The van der Waals surface area contributed by atoms with Gasteiger partial charge in [0.15, 0.2) is 5.78 Å². The third-order valence-corrected chi connectivity index (χ3v) is 4.47. The lowest BCUT2D eigenvalue weighted by atomic mass is 9.85. The van der Waals surface area contributed by atoms with E-state index in [0.717, 1.165) is 11.4 Å². The number of aryl methyl sites for hydroxylation is 1. The monoisotopic (exact) mass is 383 g/mol. The van der Waals surface area contributed by atoms with Crippen LogP contribution >= 0.6 is 11.6 Å². The zero-order valence-corrected chi connectivity index (χ0v) is 16.4. The van der Waals surface area contributed by atoms with Crippen LogP contribution in [0.4, 0.5) is 0 Å². The topological polar surface area (TPSA) is 73.6 Å². The van der Waals surface area contributed by atoms with E-state index in [1.54, 1.807) is 29.2 Å². The lowest BCUT2D eigenvalue weighted by Gasteiger charge is -2.20. The summed E-state index contributed by atoms with van der Waals surface area (Å²) in [6, 6.07) is 7.34. The average Bonchev–Trinajstić information content (AvgIpc) is 3.09. The minimum absolute atomic E-state index is 0.0635. The van der Waals surface area contributed by atoms with E-state index < -0.39 is 0 Å². The van der Waals surface area contributed by atoms with Crippen molar-refractivity contribution in [2.45, 2.75) is 45.4 Å². The standard InChI is InChI=1S/C20H22ClN5O/c1-20(2,3)15-10-14(11-16(21)12-15)17(27)6-4-7-18-24-13-25-26(18)19-22-8-5-9-23-19/h5,8-13H,4,6-7H2,1-3H3. The van der Waals surface area contributed by atoms with Gasteiger partial charge in [0.25, 0.3) is 5.95 Å². The molecule has 0 atom stereocenters. The summed E-state index contributed by atoms with van der Waals surface area (Å²) in [6.07, 6.45) is 6.46. The van der Waals surface area contributed by atoms with Gasteiger partial charge in [-0.05, 0) is 41.7 Å². The number of benzene rings is 1. The van der Waals surface area contributed by atoms with Gasteiger partial charge in [-0.15, -0.1) is 0 Å². The van der Waals surface area contributed by atoms with Crippen LogP contribution in [-0.2, 0) is 11.8 Å². The number of Topliss-reactive ketones (excluding diaryl/α,β-unsaturated/α-hetero) is 1. The van der Waals surface area contributed by atoms with Crippen molar-refractivity contribution in [3.63, 3.8) is 0 Å². The summed E-state index contributed by atoms with van der Waals surface area (Å²) in [5.74, 6) is 1.28.